The van der Waals surface area contributed by atoms with Gasteiger partial charge in [-0.05, 0) is 44.4 Å². The minimum absolute atomic E-state index is 0.0564. The second kappa shape index (κ2) is 13.2. The van der Waals surface area contributed by atoms with Crippen molar-refractivity contribution < 1.29 is 14.6 Å². The molecule has 1 rings (SSSR count). The molecular weight excluding hydrogens is 348 g/mol. The van der Waals surface area contributed by atoms with Crippen LogP contribution in [0.15, 0.2) is 23.3 Å². The predicted octanol–water partition coefficient (Wildman–Crippen LogP) is 7.17. The number of hydrogen-bond acceptors (Lipinski definition) is 2. The molecule has 0 radical (unpaired) electrons. The maximum absolute atomic E-state index is 12.7. The lowest BCUT2D eigenvalue weighted by molar-refractivity contribution is -0.149. The van der Waals surface area contributed by atoms with Crippen molar-refractivity contribution in [3.63, 3.8) is 0 Å². The third-order valence-corrected chi connectivity index (χ3v) is 6.15. The fourth-order valence-corrected chi connectivity index (χ4v) is 4.51. The van der Waals surface area contributed by atoms with E-state index in [1.165, 1.54) is 17.6 Å². The molecule has 2 unspecified atom stereocenters. The monoisotopic (exact) mass is 392 g/mol. The minimum atomic E-state index is -0.767. The highest BCUT2D eigenvalue weighted by molar-refractivity contribution is 5.79. The molecule has 0 saturated heterocycles. The molecule has 0 fully saturated rings. The third-order valence-electron chi connectivity index (χ3n) is 6.15. The van der Waals surface area contributed by atoms with Crippen LogP contribution in [0.25, 0.3) is 0 Å². The van der Waals surface area contributed by atoms with Crippen molar-refractivity contribution in [3.05, 3.63) is 23.3 Å². The highest BCUT2D eigenvalue weighted by atomic mass is 16.5. The number of rotatable bonds is 15. The number of aliphatic carboxylic acids is 1. The van der Waals surface area contributed by atoms with Gasteiger partial charge in [-0.25, -0.2) is 0 Å². The van der Waals surface area contributed by atoms with Crippen molar-refractivity contribution >= 4 is 5.97 Å². The van der Waals surface area contributed by atoms with Crippen molar-refractivity contribution in [2.24, 2.45) is 17.3 Å². The molecule has 162 valence electrons. The Kier molecular flexibility index (Phi) is 11.8. The average Bonchev–Trinajstić information content (AvgIpc) is 2.66. The number of carboxylic acid groups (broad SMARTS) is 1. The number of carbonyl (C=O) groups is 1. The largest absolute Gasteiger partial charge is 0.481 e. The van der Waals surface area contributed by atoms with Gasteiger partial charge in [-0.2, -0.15) is 0 Å². The Hall–Kier alpha value is -1.09. The molecule has 1 aliphatic carbocycles. The van der Waals surface area contributed by atoms with E-state index >= 15 is 0 Å². The first-order valence-electron chi connectivity index (χ1n) is 11.6. The van der Waals surface area contributed by atoms with Gasteiger partial charge in [-0.1, -0.05) is 83.1 Å². The van der Waals surface area contributed by atoms with Crippen LogP contribution in [-0.2, 0) is 9.53 Å². The molecule has 28 heavy (non-hydrogen) atoms. The van der Waals surface area contributed by atoms with E-state index in [-0.39, 0.29) is 5.92 Å². The number of unbranched alkanes of at least 4 members (excludes halogenated alkanes) is 3. The summed E-state index contributed by atoms with van der Waals surface area (Å²) in [6, 6.07) is 0. The summed E-state index contributed by atoms with van der Waals surface area (Å²) < 4.78 is 5.38. The molecular formula is C25H44O3. The molecule has 2 atom stereocenters. The van der Waals surface area contributed by atoms with Crippen molar-refractivity contribution in [1.29, 1.82) is 0 Å². The third kappa shape index (κ3) is 7.39. The second-order valence-electron chi connectivity index (χ2n) is 8.96. The number of allylic oxidation sites excluding steroid dienone is 3. The lowest BCUT2D eigenvalue weighted by atomic mass is 9.62. The van der Waals surface area contributed by atoms with Gasteiger partial charge in [0.25, 0.3) is 0 Å². The maximum atomic E-state index is 12.7. The zero-order valence-corrected chi connectivity index (χ0v) is 19.1. The Morgan fingerprint density at radius 3 is 2.39 bits per heavy atom. The molecule has 0 spiro atoms. The molecule has 0 aromatic carbocycles. The van der Waals surface area contributed by atoms with Crippen LogP contribution in [0.1, 0.15) is 98.3 Å². The van der Waals surface area contributed by atoms with Gasteiger partial charge in [0.05, 0.1) is 5.41 Å². The van der Waals surface area contributed by atoms with Crippen LogP contribution in [-0.4, -0.2) is 24.8 Å². The summed E-state index contributed by atoms with van der Waals surface area (Å²) >= 11 is 0. The van der Waals surface area contributed by atoms with Gasteiger partial charge in [0.1, 0.15) is 0 Å². The lowest BCUT2D eigenvalue weighted by Crippen LogP contribution is -2.41. The molecule has 0 aromatic rings. The van der Waals surface area contributed by atoms with Gasteiger partial charge in [-0.15, -0.1) is 0 Å². The van der Waals surface area contributed by atoms with Gasteiger partial charge < -0.3 is 9.84 Å². The van der Waals surface area contributed by atoms with Crippen LogP contribution in [0, 0.1) is 17.3 Å². The normalized spacial score (nSPS) is 22.3. The first-order chi connectivity index (χ1) is 13.4. The standard InChI is InChI=1S/C25H44O3/c1-6-8-13-21-18-22(14-9-7-2)23(15-17-28-5)25(19-21,24(26)27)16-11-10-12-20(3)4/h18-20,23H,6-17H2,1-5H3,(H,26,27). The van der Waals surface area contributed by atoms with Gasteiger partial charge in [0.2, 0.25) is 0 Å². The van der Waals surface area contributed by atoms with E-state index in [2.05, 4.69) is 39.8 Å². The van der Waals surface area contributed by atoms with Crippen molar-refractivity contribution in [2.75, 3.05) is 13.7 Å². The quantitative estimate of drug-likeness (QED) is 0.300. The van der Waals surface area contributed by atoms with Gasteiger partial charge in [-0.3, -0.25) is 4.79 Å². The Bertz CT molecular complexity index is 518. The summed E-state index contributed by atoms with van der Waals surface area (Å²) in [6.07, 6.45) is 15.8. The summed E-state index contributed by atoms with van der Waals surface area (Å²) in [5, 5.41) is 10.4. The molecule has 0 bridgehead atoms. The molecule has 0 heterocycles. The van der Waals surface area contributed by atoms with Crippen LogP contribution in [0.5, 0.6) is 0 Å². The van der Waals surface area contributed by atoms with E-state index in [1.807, 2.05) is 0 Å². The van der Waals surface area contributed by atoms with E-state index in [9.17, 15) is 9.90 Å². The maximum Gasteiger partial charge on any atom is 0.314 e. The molecule has 1 N–H and O–H groups in total. The molecule has 3 heteroatoms. The lowest BCUT2D eigenvalue weighted by Gasteiger charge is -2.40. The first-order valence-corrected chi connectivity index (χ1v) is 11.6. The van der Waals surface area contributed by atoms with E-state index in [4.69, 9.17) is 4.74 Å². The topological polar surface area (TPSA) is 46.5 Å². The van der Waals surface area contributed by atoms with Crippen LogP contribution in [0.4, 0.5) is 0 Å². The predicted molar refractivity (Wildman–Crippen MR) is 119 cm³/mol. The molecule has 0 aromatic heterocycles. The Labute approximate surface area is 173 Å². The van der Waals surface area contributed by atoms with Crippen LogP contribution >= 0.6 is 0 Å². The highest BCUT2D eigenvalue weighted by Crippen LogP contribution is 2.48. The number of hydrogen-bond donors (Lipinski definition) is 1. The molecule has 0 saturated carbocycles. The highest BCUT2D eigenvalue weighted by Gasteiger charge is 2.46. The summed E-state index contributed by atoms with van der Waals surface area (Å²) in [6.45, 7) is 9.50. The number of methoxy groups -OCH3 is 1. The van der Waals surface area contributed by atoms with E-state index in [0.29, 0.717) is 12.5 Å². The Morgan fingerprint density at radius 2 is 1.82 bits per heavy atom. The van der Waals surface area contributed by atoms with Gasteiger partial charge in [0, 0.05) is 19.6 Å². The molecule has 0 amide bonds. The summed E-state index contributed by atoms with van der Waals surface area (Å²) in [5.41, 5.74) is 1.82. The molecule has 1 aliphatic rings. The number of carboxylic acids is 1. The number of ether oxygens (including phenoxy) is 1. The molecule has 3 nitrogen and oxygen atoms in total. The fourth-order valence-electron chi connectivity index (χ4n) is 4.51. The van der Waals surface area contributed by atoms with Crippen molar-refractivity contribution in [3.8, 4) is 0 Å². The zero-order valence-electron chi connectivity index (χ0n) is 19.1. The average molecular weight is 393 g/mol. The second-order valence-corrected chi connectivity index (χ2v) is 8.96. The first kappa shape index (κ1) is 24.9. The van der Waals surface area contributed by atoms with Crippen LogP contribution in [0.3, 0.4) is 0 Å². The van der Waals surface area contributed by atoms with Gasteiger partial charge in [0.15, 0.2) is 0 Å². The van der Waals surface area contributed by atoms with Crippen molar-refractivity contribution in [1.82, 2.24) is 0 Å². The van der Waals surface area contributed by atoms with Crippen LogP contribution < -0.4 is 0 Å². The Balaban J connectivity index is 3.21. The van der Waals surface area contributed by atoms with E-state index in [0.717, 1.165) is 64.2 Å². The van der Waals surface area contributed by atoms with Gasteiger partial charge >= 0.3 is 5.97 Å². The van der Waals surface area contributed by atoms with E-state index in [1.54, 1.807) is 7.11 Å². The SMILES string of the molecule is CCCCC1=CC(CCCCC(C)C)(C(=O)O)C(CCOC)C(CCCC)=C1. The summed E-state index contributed by atoms with van der Waals surface area (Å²) in [4.78, 5) is 12.7. The summed E-state index contributed by atoms with van der Waals surface area (Å²) in [7, 11) is 1.71. The van der Waals surface area contributed by atoms with Crippen molar-refractivity contribution in [2.45, 2.75) is 98.3 Å². The van der Waals surface area contributed by atoms with Crippen LogP contribution in [0.2, 0.25) is 0 Å². The Morgan fingerprint density at radius 1 is 1.14 bits per heavy atom. The fraction of sp³-hybridized carbons (Fsp3) is 0.800. The minimum Gasteiger partial charge on any atom is -0.481 e. The smallest absolute Gasteiger partial charge is 0.314 e. The molecule has 0 aliphatic heterocycles. The van der Waals surface area contributed by atoms with E-state index < -0.39 is 11.4 Å². The summed E-state index contributed by atoms with van der Waals surface area (Å²) in [5.74, 6) is 0.0854. The zero-order chi connectivity index (χ0) is 21.0.